The van der Waals surface area contributed by atoms with E-state index in [2.05, 4.69) is 20.6 Å². The molecule has 3 rings (SSSR count). The van der Waals surface area contributed by atoms with Gasteiger partial charge in [0.05, 0.1) is 12.2 Å². The number of hydrogen-bond donors (Lipinski definition) is 3. The highest BCUT2D eigenvalue weighted by molar-refractivity contribution is 5.90. The minimum absolute atomic E-state index is 0.307. The van der Waals surface area contributed by atoms with Crippen LogP contribution < -0.4 is 16.4 Å². The molecule has 1 aromatic heterocycles. The molecule has 4 N–H and O–H groups in total. The van der Waals surface area contributed by atoms with E-state index in [0.717, 1.165) is 18.5 Å². The Kier molecular flexibility index (Phi) is 6.68. The molecule has 1 aliphatic rings. The van der Waals surface area contributed by atoms with Gasteiger partial charge in [0, 0.05) is 11.7 Å². The van der Waals surface area contributed by atoms with E-state index in [9.17, 15) is 4.79 Å². The number of anilines is 4. The van der Waals surface area contributed by atoms with Crippen molar-refractivity contribution in [3.8, 4) is 0 Å². The predicted molar refractivity (Wildman–Crippen MR) is 112 cm³/mol. The molecule has 0 amide bonds. The summed E-state index contributed by atoms with van der Waals surface area (Å²) in [6.45, 7) is 4.42. The number of nitrogens with two attached hydrogens (primary N) is 1. The Morgan fingerprint density at radius 3 is 2.50 bits per heavy atom. The third-order valence-electron chi connectivity index (χ3n) is 4.76. The molecule has 0 atom stereocenters. The first-order valence-corrected chi connectivity index (χ1v) is 9.94. The first-order valence-electron chi connectivity index (χ1n) is 9.94. The number of carbonyl (C=O) groups excluding carboxylic acids is 1. The van der Waals surface area contributed by atoms with Gasteiger partial charge in [0.1, 0.15) is 12.0 Å². The highest BCUT2D eigenvalue weighted by atomic mass is 16.5. The highest BCUT2D eigenvalue weighted by Gasteiger charge is 2.16. The lowest BCUT2D eigenvalue weighted by molar-refractivity contribution is 0.0459. The van der Waals surface area contributed by atoms with E-state index < -0.39 is 0 Å². The van der Waals surface area contributed by atoms with E-state index in [1.54, 1.807) is 12.1 Å². The molecule has 1 aromatic carbocycles. The van der Waals surface area contributed by atoms with E-state index >= 15 is 0 Å². The quantitative estimate of drug-likeness (QED) is 0.610. The molecule has 1 saturated carbocycles. The summed E-state index contributed by atoms with van der Waals surface area (Å²) in [5.41, 5.74) is 8.07. The van der Waals surface area contributed by atoms with E-state index in [1.165, 1.54) is 25.6 Å². The molecule has 0 unspecified atom stereocenters. The average molecular weight is 383 g/mol. The molecule has 2 aromatic rings. The van der Waals surface area contributed by atoms with Crippen LogP contribution in [0.25, 0.3) is 0 Å². The number of aromatic nitrogens is 2. The van der Waals surface area contributed by atoms with Crippen LogP contribution in [0.1, 0.15) is 56.3 Å². The molecule has 150 valence electrons. The maximum absolute atomic E-state index is 12.0. The fraction of sp³-hybridized carbons (Fsp3) is 0.476. The van der Waals surface area contributed by atoms with Crippen molar-refractivity contribution in [3.05, 3.63) is 36.2 Å². The zero-order valence-electron chi connectivity index (χ0n) is 16.6. The molecule has 0 radical (unpaired) electrons. The maximum atomic E-state index is 12.0. The number of nitrogens with zero attached hydrogens (tertiary/aromatic N) is 2. The Bertz CT molecular complexity index is 786. The Labute approximate surface area is 166 Å². The standard InChI is InChI=1S/C21H29N5O2/c1-14(2)12-28-21(27)15-8-10-17(11-9-15)26-20-18(22)19(23-13-24-20)25-16-6-4-3-5-7-16/h8-11,13-14,16H,3-7,12,22H2,1-2H3,(H2,23,24,25,26). The Morgan fingerprint density at radius 1 is 1.14 bits per heavy atom. The van der Waals surface area contributed by atoms with Crippen LogP contribution in [0.5, 0.6) is 0 Å². The minimum atomic E-state index is -0.319. The average Bonchev–Trinajstić information content (AvgIpc) is 2.70. The van der Waals surface area contributed by atoms with Crippen LogP contribution in [0.15, 0.2) is 30.6 Å². The molecule has 0 saturated heterocycles. The highest BCUT2D eigenvalue weighted by Crippen LogP contribution is 2.28. The van der Waals surface area contributed by atoms with Crippen LogP contribution in [0.3, 0.4) is 0 Å². The second kappa shape index (κ2) is 9.39. The second-order valence-corrected chi connectivity index (χ2v) is 7.66. The fourth-order valence-electron chi connectivity index (χ4n) is 3.20. The zero-order valence-corrected chi connectivity index (χ0v) is 16.6. The summed E-state index contributed by atoms with van der Waals surface area (Å²) in [7, 11) is 0. The summed E-state index contributed by atoms with van der Waals surface area (Å²) in [6.07, 6.45) is 7.55. The lowest BCUT2D eigenvalue weighted by atomic mass is 9.95. The molecule has 0 aliphatic heterocycles. The third-order valence-corrected chi connectivity index (χ3v) is 4.76. The third kappa shape index (κ3) is 5.34. The SMILES string of the molecule is CC(C)COC(=O)c1ccc(Nc2ncnc(NC3CCCCC3)c2N)cc1. The van der Waals surface area contributed by atoms with Crippen molar-refractivity contribution >= 4 is 29.0 Å². The Hall–Kier alpha value is -2.83. The van der Waals surface area contributed by atoms with Crippen LogP contribution in [0.2, 0.25) is 0 Å². The van der Waals surface area contributed by atoms with Crippen LogP contribution >= 0.6 is 0 Å². The minimum Gasteiger partial charge on any atom is -0.462 e. The van der Waals surface area contributed by atoms with Crippen LogP contribution in [0.4, 0.5) is 23.0 Å². The number of nitrogen functional groups attached to an aromatic ring is 1. The van der Waals surface area contributed by atoms with Gasteiger partial charge in [-0.3, -0.25) is 0 Å². The summed E-state index contributed by atoms with van der Waals surface area (Å²) in [4.78, 5) is 20.6. The molecule has 1 fully saturated rings. The number of carbonyl (C=O) groups is 1. The molecule has 1 heterocycles. The predicted octanol–water partition coefficient (Wildman–Crippen LogP) is 4.36. The normalized spacial score (nSPS) is 14.7. The van der Waals surface area contributed by atoms with Gasteiger partial charge in [-0.05, 0) is 43.0 Å². The molecule has 1 aliphatic carbocycles. The van der Waals surface area contributed by atoms with Gasteiger partial charge in [0.2, 0.25) is 0 Å². The van der Waals surface area contributed by atoms with Crippen molar-refractivity contribution in [3.63, 3.8) is 0 Å². The molecule has 0 bridgehead atoms. The monoisotopic (exact) mass is 383 g/mol. The van der Waals surface area contributed by atoms with Gasteiger partial charge in [0.25, 0.3) is 0 Å². The summed E-state index contributed by atoms with van der Waals surface area (Å²) in [5, 5.41) is 6.64. The largest absolute Gasteiger partial charge is 0.462 e. The van der Waals surface area contributed by atoms with E-state index in [-0.39, 0.29) is 5.97 Å². The van der Waals surface area contributed by atoms with Crippen LogP contribution in [-0.4, -0.2) is 28.6 Å². The van der Waals surface area contributed by atoms with Gasteiger partial charge in [-0.2, -0.15) is 0 Å². The van der Waals surface area contributed by atoms with Gasteiger partial charge < -0.3 is 21.1 Å². The Morgan fingerprint density at radius 2 is 1.82 bits per heavy atom. The summed E-state index contributed by atoms with van der Waals surface area (Å²) in [6, 6.07) is 7.48. The van der Waals surface area contributed by atoms with E-state index in [0.29, 0.717) is 41.5 Å². The zero-order chi connectivity index (χ0) is 19.9. The van der Waals surface area contributed by atoms with Crippen molar-refractivity contribution in [1.29, 1.82) is 0 Å². The van der Waals surface area contributed by atoms with Crippen LogP contribution in [0, 0.1) is 5.92 Å². The van der Waals surface area contributed by atoms with Gasteiger partial charge in [-0.1, -0.05) is 33.1 Å². The topological polar surface area (TPSA) is 102 Å². The van der Waals surface area contributed by atoms with Gasteiger partial charge in [-0.15, -0.1) is 0 Å². The van der Waals surface area contributed by atoms with Gasteiger partial charge >= 0.3 is 5.97 Å². The number of hydrogen-bond acceptors (Lipinski definition) is 7. The smallest absolute Gasteiger partial charge is 0.338 e. The molecule has 7 nitrogen and oxygen atoms in total. The molecule has 28 heavy (non-hydrogen) atoms. The van der Waals surface area contributed by atoms with E-state index in [4.69, 9.17) is 10.5 Å². The van der Waals surface area contributed by atoms with Crippen molar-refractivity contribution in [2.45, 2.75) is 52.0 Å². The van der Waals surface area contributed by atoms with Crippen LogP contribution in [-0.2, 0) is 4.74 Å². The Balaban J connectivity index is 1.64. The number of ether oxygens (including phenoxy) is 1. The number of benzene rings is 1. The molecular weight excluding hydrogens is 354 g/mol. The van der Waals surface area contributed by atoms with Crippen molar-refractivity contribution in [2.24, 2.45) is 5.92 Å². The van der Waals surface area contributed by atoms with Gasteiger partial charge in [-0.25, -0.2) is 14.8 Å². The first kappa shape index (κ1) is 19.9. The summed E-state index contributed by atoms with van der Waals surface area (Å²) < 4.78 is 5.25. The molecule has 7 heteroatoms. The lowest BCUT2D eigenvalue weighted by Gasteiger charge is -2.24. The number of rotatable bonds is 7. The first-order chi connectivity index (χ1) is 13.5. The molecular formula is C21H29N5O2. The number of nitrogens with one attached hydrogen (secondary N) is 2. The lowest BCUT2D eigenvalue weighted by Crippen LogP contribution is -2.23. The van der Waals surface area contributed by atoms with Gasteiger partial charge in [0.15, 0.2) is 11.6 Å². The number of esters is 1. The molecule has 0 spiro atoms. The van der Waals surface area contributed by atoms with Crippen molar-refractivity contribution in [2.75, 3.05) is 23.0 Å². The van der Waals surface area contributed by atoms with E-state index in [1.807, 2.05) is 26.0 Å². The fourth-order valence-corrected chi connectivity index (χ4v) is 3.20. The summed E-state index contributed by atoms with van der Waals surface area (Å²) in [5.74, 6) is 1.20. The van der Waals surface area contributed by atoms with Crippen molar-refractivity contribution < 1.29 is 9.53 Å². The summed E-state index contributed by atoms with van der Waals surface area (Å²) >= 11 is 0. The van der Waals surface area contributed by atoms with Crippen molar-refractivity contribution in [1.82, 2.24) is 9.97 Å². The second-order valence-electron chi connectivity index (χ2n) is 7.66. The maximum Gasteiger partial charge on any atom is 0.338 e.